The highest BCUT2D eigenvalue weighted by molar-refractivity contribution is 5.98. The number of hydrogen-bond donors (Lipinski definition) is 2. The zero-order valence-corrected chi connectivity index (χ0v) is 18.0. The van der Waals surface area contributed by atoms with E-state index < -0.39 is 11.6 Å². The van der Waals surface area contributed by atoms with Crippen molar-refractivity contribution >= 4 is 16.8 Å². The number of fused-ring (bicyclic) bond motifs is 1. The molecule has 3 rings (SSSR count). The van der Waals surface area contributed by atoms with E-state index >= 15 is 0 Å². The topological polar surface area (TPSA) is 46.1 Å². The summed E-state index contributed by atoms with van der Waals surface area (Å²) in [6.45, 7) is 6.46. The molecular formula is C24H31F2N3O. The maximum absolute atomic E-state index is 12.2. The summed E-state index contributed by atoms with van der Waals surface area (Å²) in [5, 5.41) is 7.23. The quantitative estimate of drug-likeness (QED) is 0.506. The van der Waals surface area contributed by atoms with Crippen LogP contribution in [0.3, 0.4) is 0 Å². The van der Waals surface area contributed by atoms with Crippen LogP contribution >= 0.6 is 0 Å². The molecule has 0 spiro atoms. The Balaban J connectivity index is 0.000000297. The maximum Gasteiger partial charge on any atom is 0.251 e. The molecule has 1 amide bonds. The van der Waals surface area contributed by atoms with Gasteiger partial charge in [0.2, 0.25) is 0 Å². The Hall–Kier alpha value is -2.73. The van der Waals surface area contributed by atoms with E-state index in [4.69, 9.17) is 0 Å². The van der Waals surface area contributed by atoms with Crippen molar-refractivity contribution in [2.24, 2.45) is 0 Å². The van der Waals surface area contributed by atoms with Gasteiger partial charge in [-0.3, -0.25) is 4.79 Å². The SMILES string of the molecule is CCCCn1ccc2ccc(C(=O)NCCCNC)cc21.Cc1cc(F)cc(F)c1. The van der Waals surface area contributed by atoms with Crippen LogP contribution in [0.15, 0.2) is 48.7 Å². The number of unbranched alkanes of at least 4 members (excludes halogenated alkanes) is 1. The third-order valence-electron chi connectivity index (χ3n) is 4.68. The smallest absolute Gasteiger partial charge is 0.251 e. The Bertz CT molecular complexity index is 902. The van der Waals surface area contributed by atoms with Crippen LogP contribution in [0.25, 0.3) is 10.9 Å². The highest BCUT2D eigenvalue weighted by atomic mass is 19.1. The van der Waals surface area contributed by atoms with Crippen LogP contribution in [0.1, 0.15) is 42.1 Å². The van der Waals surface area contributed by atoms with Gasteiger partial charge in [-0.15, -0.1) is 0 Å². The summed E-state index contributed by atoms with van der Waals surface area (Å²) < 4.78 is 26.6. The fourth-order valence-corrected chi connectivity index (χ4v) is 3.11. The predicted octanol–water partition coefficient (Wildman–Crippen LogP) is 5.05. The summed E-state index contributed by atoms with van der Waals surface area (Å²) in [5.74, 6) is -1.03. The van der Waals surface area contributed by atoms with Crippen LogP contribution < -0.4 is 10.6 Å². The summed E-state index contributed by atoms with van der Waals surface area (Å²) in [5.41, 5.74) is 2.49. The van der Waals surface area contributed by atoms with Crippen molar-refractivity contribution in [3.8, 4) is 0 Å². The van der Waals surface area contributed by atoms with Gasteiger partial charge in [0.1, 0.15) is 11.6 Å². The first-order chi connectivity index (χ1) is 14.4. The molecule has 2 N–H and O–H groups in total. The molecule has 0 radical (unpaired) electrons. The summed E-state index contributed by atoms with van der Waals surface area (Å²) in [4.78, 5) is 12.2. The zero-order chi connectivity index (χ0) is 21.9. The van der Waals surface area contributed by atoms with Gasteiger partial charge < -0.3 is 15.2 Å². The number of benzene rings is 2. The predicted molar refractivity (Wildman–Crippen MR) is 119 cm³/mol. The normalized spacial score (nSPS) is 10.6. The second-order valence-electron chi connectivity index (χ2n) is 7.30. The monoisotopic (exact) mass is 415 g/mol. The maximum atomic E-state index is 12.2. The molecule has 2 aromatic carbocycles. The van der Waals surface area contributed by atoms with Gasteiger partial charge >= 0.3 is 0 Å². The first-order valence-electron chi connectivity index (χ1n) is 10.4. The minimum atomic E-state index is -0.521. The van der Waals surface area contributed by atoms with Gasteiger partial charge in [-0.05, 0) is 74.6 Å². The molecule has 0 aliphatic carbocycles. The first kappa shape index (κ1) is 23.5. The van der Waals surface area contributed by atoms with Crippen LogP contribution in [0.4, 0.5) is 8.78 Å². The fraction of sp³-hybridized carbons (Fsp3) is 0.375. The molecule has 0 unspecified atom stereocenters. The van der Waals surface area contributed by atoms with E-state index in [-0.39, 0.29) is 5.91 Å². The van der Waals surface area contributed by atoms with Crippen molar-refractivity contribution in [2.45, 2.75) is 39.7 Å². The van der Waals surface area contributed by atoms with Crippen molar-refractivity contribution < 1.29 is 13.6 Å². The molecular weight excluding hydrogens is 384 g/mol. The lowest BCUT2D eigenvalue weighted by Crippen LogP contribution is -2.26. The van der Waals surface area contributed by atoms with Gasteiger partial charge in [0, 0.05) is 36.4 Å². The molecule has 0 aliphatic rings. The third-order valence-corrected chi connectivity index (χ3v) is 4.68. The van der Waals surface area contributed by atoms with Gasteiger partial charge in [0.25, 0.3) is 5.91 Å². The molecule has 0 bridgehead atoms. The molecule has 0 atom stereocenters. The number of carbonyl (C=O) groups excluding carboxylic acids is 1. The number of nitrogens with one attached hydrogen (secondary N) is 2. The van der Waals surface area contributed by atoms with Crippen molar-refractivity contribution in [1.82, 2.24) is 15.2 Å². The molecule has 6 heteroatoms. The number of amides is 1. The molecule has 30 heavy (non-hydrogen) atoms. The lowest BCUT2D eigenvalue weighted by Gasteiger charge is -2.07. The van der Waals surface area contributed by atoms with Gasteiger partial charge in [0.15, 0.2) is 0 Å². The van der Waals surface area contributed by atoms with E-state index in [9.17, 15) is 13.6 Å². The number of rotatable bonds is 8. The highest BCUT2D eigenvalue weighted by Gasteiger charge is 2.08. The Kier molecular flexibility index (Phi) is 9.48. The van der Waals surface area contributed by atoms with Gasteiger partial charge in [-0.25, -0.2) is 8.78 Å². The van der Waals surface area contributed by atoms with Gasteiger partial charge in [-0.1, -0.05) is 19.4 Å². The van der Waals surface area contributed by atoms with E-state index in [1.807, 2.05) is 25.2 Å². The number of hydrogen-bond acceptors (Lipinski definition) is 2. The van der Waals surface area contributed by atoms with Crippen molar-refractivity contribution in [3.05, 3.63) is 71.4 Å². The van der Waals surface area contributed by atoms with Crippen molar-refractivity contribution in [1.29, 1.82) is 0 Å². The average Bonchev–Trinajstić information content (AvgIpc) is 3.11. The van der Waals surface area contributed by atoms with E-state index in [2.05, 4.69) is 34.4 Å². The van der Waals surface area contributed by atoms with Crippen LogP contribution in [-0.4, -0.2) is 30.6 Å². The minimum Gasteiger partial charge on any atom is -0.352 e. The summed E-state index contributed by atoms with van der Waals surface area (Å²) in [6.07, 6.45) is 5.38. The number of nitrogens with zero attached hydrogens (tertiary/aromatic N) is 1. The minimum absolute atomic E-state index is 0.0104. The van der Waals surface area contributed by atoms with Gasteiger partial charge in [0.05, 0.1) is 0 Å². The van der Waals surface area contributed by atoms with E-state index in [0.717, 1.165) is 43.1 Å². The molecule has 0 saturated heterocycles. The Morgan fingerprint density at radius 2 is 1.73 bits per heavy atom. The standard InChI is InChI=1S/C17H25N3O.C7H6F2/c1-3-4-11-20-12-8-14-6-7-15(13-16(14)20)17(21)19-10-5-9-18-2;1-5-2-6(8)4-7(9)3-5/h6-8,12-13,18H,3-5,9-11H2,1-2H3,(H,19,21);2-4H,1H3. The number of aryl methyl sites for hydroxylation is 2. The summed E-state index contributed by atoms with van der Waals surface area (Å²) in [6, 6.07) is 11.5. The summed E-state index contributed by atoms with van der Waals surface area (Å²) >= 11 is 0. The van der Waals surface area contributed by atoms with Crippen LogP contribution in [0.2, 0.25) is 0 Å². The Morgan fingerprint density at radius 1 is 1.00 bits per heavy atom. The second-order valence-corrected chi connectivity index (χ2v) is 7.30. The third kappa shape index (κ3) is 7.26. The van der Waals surface area contributed by atoms with Crippen molar-refractivity contribution in [3.63, 3.8) is 0 Å². The number of halogens is 2. The lowest BCUT2D eigenvalue weighted by atomic mass is 10.1. The Labute approximate surface area is 177 Å². The molecule has 0 saturated carbocycles. The number of carbonyl (C=O) groups is 1. The van der Waals surface area contributed by atoms with E-state index in [1.54, 1.807) is 6.92 Å². The average molecular weight is 416 g/mol. The lowest BCUT2D eigenvalue weighted by molar-refractivity contribution is 0.0953. The van der Waals surface area contributed by atoms with Crippen molar-refractivity contribution in [2.75, 3.05) is 20.1 Å². The molecule has 0 aliphatic heterocycles. The first-order valence-corrected chi connectivity index (χ1v) is 10.4. The van der Waals surface area contributed by atoms with E-state index in [1.165, 1.54) is 23.9 Å². The molecule has 3 aromatic rings. The molecule has 1 heterocycles. The zero-order valence-electron chi connectivity index (χ0n) is 18.0. The Morgan fingerprint density at radius 3 is 2.37 bits per heavy atom. The highest BCUT2D eigenvalue weighted by Crippen LogP contribution is 2.18. The van der Waals surface area contributed by atoms with Crippen LogP contribution in [0, 0.1) is 18.6 Å². The molecule has 0 fully saturated rings. The van der Waals surface area contributed by atoms with Crippen LogP contribution in [-0.2, 0) is 6.54 Å². The van der Waals surface area contributed by atoms with E-state index in [0.29, 0.717) is 12.1 Å². The second kappa shape index (κ2) is 12.1. The van der Waals surface area contributed by atoms with Crippen LogP contribution in [0.5, 0.6) is 0 Å². The molecule has 1 aromatic heterocycles. The molecule has 162 valence electrons. The summed E-state index contributed by atoms with van der Waals surface area (Å²) in [7, 11) is 1.92. The van der Waals surface area contributed by atoms with Gasteiger partial charge in [-0.2, -0.15) is 0 Å². The largest absolute Gasteiger partial charge is 0.352 e. The fourth-order valence-electron chi connectivity index (χ4n) is 3.11. The number of aromatic nitrogens is 1. The molecule has 4 nitrogen and oxygen atoms in total.